The smallest absolute Gasteiger partial charge is 0.308 e. The van der Waals surface area contributed by atoms with Crippen LogP contribution in [0, 0.1) is 17.2 Å². The molecule has 1 aromatic rings. The Hall–Kier alpha value is -1.06. The monoisotopic (exact) mass is 262 g/mol. The van der Waals surface area contributed by atoms with E-state index in [9.17, 15) is 13.2 Å². The first-order valence-corrected chi connectivity index (χ1v) is 6.10. The van der Waals surface area contributed by atoms with Gasteiger partial charge in [-0.05, 0) is 17.9 Å². The number of rotatable bonds is 5. The molecule has 2 nitrogen and oxygen atoms in total. The van der Waals surface area contributed by atoms with Gasteiger partial charge in [-0.1, -0.05) is 13.0 Å². The lowest BCUT2D eigenvalue weighted by atomic mass is 10.1. The van der Waals surface area contributed by atoms with Gasteiger partial charge in [0, 0.05) is 17.5 Å². The minimum Gasteiger partial charge on any atom is -0.308 e. The highest BCUT2D eigenvalue weighted by molar-refractivity contribution is 7.10. The second-order valence-corrected chi connectivity index (χ2v) is 4.59. The van der Waals surface area contributed by atoms with Crippen molar-refractivity contribution in [3.05, 3.63) is 22.4 Å². The molecule has 1 rings (SSSR count). The summed E-state index contributed by atoms with van der Waals surface area (Å²) in [7, 11) is 0. The molecule has 0 amide bonds. The molecule has 0 fully saturated rings. The lowest BCUT2D eigenvalue weighted by Crippen LogP contribution is -2.34. The van der Waals surface area contributed by atoms with Gasteiger partial charge in [0.2, 0.25) is 0 Å². The molecular weight excluding hydrogens is 249 g/mol. The van der Waals surface area contributed by atoms with E-state index < -0.39 is 12.1 Å². The summed E-state index contributed by atoms with van der Waals surface area (Å²) in [5, 5.41) is 13.1. The van der Waals surface area contributed by atoms with Gasteiger partial charge in [-0.2, -0.15) is 18.4 Å². The Morgan fingerprint density at radius 3 is 2.65 bits per heavy atom. The summed E-state index contributed by atoms with van der Waals surface area (Å²) < 4.78 is 37.1. The van der Waals surface area contributed by atoms with E-state index in [0.717, 1.165) is 4.88 Å². The maximum Gasteiger partial charge on any atom is 0.405 e. The van der Waals surface area contributed by atoms with Crippen LogP contribution in [0.25, 0.3) is 0 Å². The number of alkyl halides is 3. The molecule has 0 saturated heterocycles. The van der Waals surface area contributed by atoms with Gasteiger partial charge in [-0.25, -0.2) is 0 Å². The van der Waals surface area contributed by atoms with E-state index in [0.29, 0.717) is 6.42 Å². The van der Waals surface area contributed by atoms with Gasteiger partial charge in [0.15, 0.2) is 5.92 Å². The second kappa shape index (κ2) is 6.03. The molecule has 2 atom stereocenters. The van der Waals surface area contributed by atoms with Crippen molar-refractivity contribution in [2.45, 2.75) is 25.6 Å². The summed E-state index contributed by atoms with van der Waals surface area (Å²) in [6, 6.07) is 4.90. The Kier molecular flexibility index (Phi) is 4.97. The van der Waals surface area contributed by atoms with Crippen LogP contribution in [0.15, 0.2) is 17.5 Å². The van der Waals surface area contributed by atoms with Crippen molar-refractivity contribution in [2.24, 2.45) is 5.92 Å². The summed E-state index contributed by atoms with van der Waals surface area (Å²) in [6.45, 7) is 1.53. The number of nitriles is 1. The van der Waals surface area contributed by atoms with Gasteiger partial charge in [0.05, 0.1) is 6.07 Å². The molecule has 0 saturated carbocycles. The summed E-state index contributed by atoms with van der Waals surface area (Å²) in [5.74, 6) is -1.95. The molecule has 94 valence electrons. The quantitative estimate of drug-likeness (QED) is 0.881. The molecule has 6 heteroatoms. The molecule has 2 unspecified atom stereocenters. The molecule has 0 spiro atoms. The van der Waals surface area contributed by atoms with Crippen LogP contribution in [0.3, 0.4) is 0 Å². The normalized spacial score (nSPS) is 15.2. The first-order valence-electron chi connectivity index (χ1n) is 5.22. The predicted octanol–water partition coefficient (Wildman–Crippen LogP) is 3.49. The van der Waals surface area contributed by atoms with Crippen molar-refractivity contribution in [3.63, 3.8) is 0 Å². The highest BCUT2D eigenvalue weighted by Gasteiger charge is 2.39. The molecule has 0 aliphatic carbocycles. The topological polar surface area (TPSA) is 35.8 Å². The Balaban J connectivity index is 2.57. The van der Waals surface area contributed by atoms with Gasteiger partial charge >= 0.3 is 6.18 Å². The van der Waals surface area contributed by atoms with Gasteiger partial charge in [-0.15, -0.1) is 11.3 Å². The summed E-state index contributed by atoms with van der Waals surface area (Å²) in [4.78, 5) is 0.992. The Morgan fingerprint density at radius 2 is 2.24 bits per heavy atom. The van der Waals surface area contributed by atoms with Crippen molar-refractivity contribution < 1.29 is 13.2 Å². The summed E-state index contributed by atoms with van der Waals surface area (Å²) in [5.41, 5.74) is 0. The van der Waals surface area contributed by atoms with Crippen LogP contribution < -0.4 is 5.32 Å². The zero-order valence-corrected chi connectivity index (χ0v) is 10.1. The van der Waals surface area contributed by atoms with E-state index >= 15 is 0 Å². The van der Waals surface area contributed by atoms with E-state index in [1.54, 1.807) is 0 Å². The third-order valence-corrected chi connectivity index (χ3v) is 3.40. The summed E-state index contributed by atoms with van der Waals surface area (Å²) in [6.07, 6.45) is -3.77. The lowest BCUT2D eigenvalue weighted by molar-refractivity contribution is -0.158. The van der Waals surface area contributed by atoms with Crippen LogP contribution in [0.4, 0.5) is 13.2 Å². The molecule has 0 bridgehead atoms. The van der Waals surface area contributed by atoms with Gasteiger partial charge < -0.3 is 5.32 Å². The molecule has 0 aromatic carbocycles. The van der Waals surface area contributed by atoms with Crippen molar-refractivity contribution >= 4 is 11.3 Å². The SMILES string of the molecule is CCC(NCC(C#N)C(F)(F)F)c1cccs1. The average Bonchev–Trinajstić information content (AvgIpc) is 2.76. The maximum absolute atomic E-state index is 12.4. The minimum atomic E-state index is -4.46. The fourth-order valence-corrected chi connectivity index (χ4v) is 2.32. The number of halogens is 3. The third kappa shape index (κ3) is 4.02. The van der Waals surface area contributed by atoms with Crippen LogP contribution >= 0.6 is 11.3 Å². The van der Waals surface area contributed by atoms with Crippen LogP contribution in [-0.4, -0.2) is 12.7 Å². The summed E-state index contributed by atoms with van der Waals surface area (Å²) >= 11 is 1.50. The van der Waals surface area contributed by atoms with Crippen LogP contribution in [0.2, 0.25) is 0 Å². The molecule has 1 N–H and O–H groups in total. The molecule has 0 radical (unpaired) electrons. The van der Waals surface area contributed by atoms with E-state index in [1.807, 2.05) is 24.4 Å². The first-order chi connectivity index (χ1) is 7.99. The third-order valence-electron chi connectivity index (χ3n) is 2.41. The zero-order chi connectivity index (χ0) is 12.9. The number of hydrogen-bond donors (Lipinski definition) is 1. The maximum atomic E-state index is 12.4. The largest absolute Gasteiger partial charge is 0.405 e. The van der Waals surface area contributed by atoms with Crippen molar-refractivity contribution in [3.8, 4) is 6.07 Å². The van der Waals surface area contributed by atoms with Gasteiger partial charge in [-0.3, -0.25) is 0 Å². The minimum absolute atomic E-state index is 0.117. The Labute approximate surface area is 102 Å². The second-order valence-electron chi connectivity index (χ2n) is 3.61. The fourth-order valence-electron chi connectivity index (χ4n) is 1.43. The number of nitrogens with zero attached hydrogens (tertiary/aromatic N) is 1. The fraction of sp³-hybridized carbons (Fsp3) is 0.545. The molecular formula is C11H13F3N2S. The standard InChI is InChI=1S/C11H13F3N2S/c1-2-9(10-4-3-5-17-10)16-7-8(6-15)11(12,13)14/h3-5,8-9,16H,2,7H2,1H3. The van der Waals surface area contributed by atoms with Gasteiger partial charge in [0.1, 0.15) is 0 Å². The van der Waals surface area contributed by atoms with Gasteiger partial charge in [0.25, 0.3) is 0 Å². The number of hydrogen-bond acceptors (Lipinski definition) is 3. The molecule has 1 aromatic heterocycles. The average molecular weight is 262 g/mol. The van der Waals surface area contributed by atoms with Crippen LogP contribution in [0.1, 0.15) is 24.3 Å². The zero-order valence-electron chi connectivity index (χ0n) is 9.29. The van der Waals surface area contributed by atoms with E-state index in [2.05, 4.69) is 5.32 Å². The van der Waals surface area contributed by atoms with E-state index in [1.165, 1.54) is 17.4 Å². The van der Waals surface area contributed by atoms with Crippen molar-refractivity contribution in [1.29, 1.82) is 5.26 Å². The number of thiophene rings is 1. The lowest BCUT2D eigenvalue weighted by Gasteiger charge is -2.19. The van der Waals surface area contributed by atoms with E-state index in [-0.39, 0.29) is 12.6 Å². The van der Waals surface area contributed by atoms with E-state index in [4.69, 9.17) is 5.26 Å². The highest BCUT2D eigenvalue weighted by Crippen LogP contribution is 2.27. The molecule has 17 heavy (non-hydrogen) atoms. The number of nitrogens with one attached hydrogen (secondary N) is 1. The Bertz CT molecular complexity index is 367. The molecule has 0 aliphatic rings. The van der Waals surface area contributed by atoms with Crippen LogP contribution in [0.5, 0.6) is 0 Å². The van der Waals surface area contributed by atoms with Crippen molar-refractivity contribution in [2.75, 3.05) is 6.54 Å². The molecule has 0 aliphatic heterocycles. The predicted molar refractivity (Wildman–Crippen MR) is 60.5 cm³/mol. The van der Waals surface area contributed by atoms with Crippen LogP contribution in [-0.2, 0) is 0 Å². The highest BCUT2D eigenvalue weighted by atomic mass is 32.1. The molecule has 1 heterocycles. The van der Waals surface area contributed by atoms with Crippen molar-refractivity contribution in [1.82, 2.24) is 5.32 Å². The Morgan fingerprint density at radius 1 is 1.53 bits per heavy atom. The first kappa shape index (κ1) is 14.0.